The number of amides is 1. The van der Waals surface area contributed by atoms with Crippen LogP contribution in [0.3, 0.4) is 0 Å². The maximum absolute atomic E-state index is 13.7. The second-order valence-corrected chi connectivity index (χ2v) is 9.83. The van der Waals surface area contributed by atoms with Crippen LogP contribution in [0.25, 0.3) is 11.0 Å². The van der Waals surface area contributed by atoms with Crippen molar-refractivity contribution in [1.29, 1.82) is 0 Å². The molecule has 0 unspecified atom stereocenters. The van der Waals surface area contributed by atoms with Gasteiger partial charge in [0.1, 0.15) is 11.3 Å². The first-order valence-electron chi connectivity index (χ1n) is 10.1. The van der Waals surface area contributed by atoms with E-state index in [1.807, 2.05) is 0 Å². The summed E-state index contributed by atoms with van der Waals surface area (Å²) in [6.07, 6.45) is 0. The highest BCUT2D eigenvalue weighted by Crippen LogP contribution is 2.34. The van der Waals surface area contributed by atoms with Crippen molar-refractivity contribution >= 4 is 55.7 Å². The Hall–Kier alpha value is -4.02. The zero-order chi connectivity index (χ0) is 25.5. The van der Waals surface area contributed by atoms with Gasteiger partial charge in [-0.2, -0.15) is 4.31 Å². The minimum atomic E-state index is -4.63. The average Bonchev–Trinajstić information content (AvgIpc) is 3.14. The van der Waals surface area contributed by atoms with Gasteiger partial charge in [0.15, 0.2) is 5.78 Å². The number of non-ortho nitro benzene ring substituents is 1. The third kappa shape index (κ3) is 4.41. The van der Waals surface area contributed by atoms with Gasteiger partial charge in [0.2, 0.25) is 0 Å². The Bertz CT molecular complexity index is 1610. The lowest BCUT2D eigenvalue weighted by Gasteiger charge is -2.23. The predicted molar refractivity (Wildman–Crippen MR) is 129 cm³/mol. The Morgan fingerprint density at radius 3 is 2.34 bits per heavy atom. The van der Waals surface area contributed by atoms with Crippen LogP contribution < -0.4 is 4.31 Å². The van der Waals surface area contributed by atoms with Crippen LogP contribution in [0, 0.1) is 17.0 Å². The van der Waals surface area contributed by atoms with Crippen molar-refractivity contribution in [3.63, 3.8) is 0 Å². The van der Waals surface area contributed by atoms with Crippen molar-refractivity contribution in [2.75, 3.05) is 4.31 Å². The van der Waals surface area contributed by atoms with E-state index >= 15 is 0 Å². The highest BCUT2D eigenvalue weighted by Gasteiger charge is 2.33. The summed E-state index contributed by atoms with van der Waals surface area (Å²) in [7, 11) is -4.63. The number of rotatable bonds is 6. The molecule has 1 amide bonds. The minimum absolute atomic E-state index is 0.0127. The van der Waals surface area contributed by atoms with Crippen LogP contribution >= 0.6 is 11.6 Å². The Morgan fingerprint density at radius 2 is 1.71 bits per heavy atom. The molecule has 0 N–H and O–H groups in total. The normalized spacial score (nSPS) is 11.4. The monoisotopic (exact) mass is 512 g/mol. The Kier molecular flexibility index (Phi) is 6.18. The number of nitro groups is 1. The van der Waals surface area contributed by atoms with E-state index in [-0.39, 0.29) is 22.6 Å². The number of hydrogen-bond acceptors (Lipinski definition) is 7. The van der Waals surface area contributed by atoms with E-state index in [1.165, 1.54) is 55.5 Å². The zero-order valence-electron chi connectivity index (χ0n) is 18.4. The highest BCUT2D eigenvalue weighted by molar-refractivity contribution is 7.93. The summed E-state index contributed by atoms with van der Waals surface area (Å²) in [5.74, 6) is -0.866. The molecule has 1 heterocycles. The summed E-state index contributed by atoms with van der Waals surface area (Å²) >= 11 is 5.91. The molecular weight excluding hydrogens is 496 g/mol. The first kappa shape index (κ1) is 24.1. The van der Waals surface area contributed by atoms with Crippen LogP contribution in [0.4, 0.5) is 11.4 Å². The molecule has 3 aromatic carbocycles. The molecule has 0 radical (unpaired) electrons. The molecule has 4 rings (SSSR count). The van der Waals surface area contributed by atoms with Crippen LogP contribution in [-0.4, -0.2) is 25.0 Å². The van der Waals surface area contributed by atoms with Crippen LogP contribution in [-0.2, 0) is 10.0 Å². The van der Waals surface area contributed by atoms with Crippen molar-refractivity contribution in [1.82, 2.24) is 0 Å². The molecule has 0 aliphatic carbocycles. The van der Waals surface area contributed by atoms with Gasteiger partial charge in [0.05, 0.1) is 21.1 Å². The molecule has 178 valence electrons. The molecule has 1 aromatic heterocycles. The number of anilines is 1. The molecule has 0 bridgehead atoms. The van der Waals surface area contributed by atoms with Gasteiger partial charge in [-0.05, 0) is 62.4 Å². The Labute approximate surface area is 204 Å². The lowest BCUT2D eigenvalue weighted by atomic mass is 10.1. The fourth-order valence-electron chi connectivity index (χ4n) is 3.71. The number of aryl methyl sites for hydroxylation is 1. The average molecular weight is 513 g/mol. The van der Waals surface area contributed by atoms with E-state index < -0.39 is 31.4 Å². The molecule has 0 saturated heterocycles. The van der Waals surface area contributed by atoms with Gasteiger partial charge in [-0.3, -0.25) is 19.7 Å². The third-order valence-corrected chi connectivity index (χ3v) is 7.24. The number of benzene rings is 3. The zero-order valence-corrected chi connectivity index (χ0v) is 20.0. The highest BCUT2D eigenvalue weighted by atomic mass is 35.5. The topological polar surface area (TPSA) is 128 Å². The van der Waals surface area contributed by atoms with Crippen molar-refractivity contribution in [3.05, 3.63) is 98.8 Å². The number of halogens is 1. The van der Waals surface area contributed by atoms with Crippen molar-refractivity contribution in [2.24, 2.45) is 0 Å². The SMILES string of the molecule is CC(=O)c1c(C)oc2ccc(N(C(=O)c3ccc(Cl)cc3)S(=O)(=O)c3cccc([N+](=O)[O-])c3)cc12. The second kappa shape index (κ2) is 8.97. The van der Waals surface area contributed by atoms with E-state index in [2.05, 4.69) is 0 Å². The maximum Gasteiger partial charge on any atom is 0.272 e. The van der Waals surface area contributed by atoms with Gasteiger partial charge in [0, 0.05) is 28.1 Å². The van der Waals surface area contributed by atoms with Gasteiger partial charge in [-0.15, -0.1) is 0 Å². The number of nitro benzene ring substituents is 1. The predicted octanol–water partition coefficient (Wildman–Crippen LogP) is 5.54. The standard InChI is InChI=1S/C24H17ClN2O7S/c1-14(28)23-15(2)34-22-11-10-18(13-21(22)23)26(24(29)16-6-8-17(25)9-7-16)35(32,33)20-5-3-4-19(12-20)27(30)31/h3-13H,1-2H3. The number of hydrogen-bond donors (Lipinski definition) is 0. The number of furan rings is 1. The maximum atomic E-state index is 13.7. The summed E-state index contributed by atoms with van der Waals surface area (Å²) in [5.41, 5.74) is 0.0762. The lowest BCUT2D eigenvalue weighted by Crippen LogP contribution is -2.37. The molecule has 0 spiro atoms. The minimum Gasteiger partial charge on any atom is -0.461 e. The Balaban J connectivity index is 1.97. The molecule has 11 heteroatoms. The summed E-state index contributed by atoms with van der Waals surface area (Å²) in [6, 6.07) is 14.2. The molecule has 0 atom stereocenters. The van der Waals surface area contributed by atoms with Gasteiger partial charge in [-0.25, -0.2) is 8.42 Å². The number of carbonyl (C=O) groups excluding carboxylic acids is 2. The summed E-state index contributed by atoms with van der Waals surface area (Å²) < 4.78 is 33.6. The molecule has 0 aliphatic rings. The molecule has 9 nitrogen and oxygen atoms in total. The van der Waals surface area contributed by atoms with E-state index in [1.54, 1.807) is 6.92 Å². The number of carbonyl (C=O) groups is 2. The number of nitrogens with zero attached hydrogens (tertiary/aromatic N) is 2. The number of fused-ring (bicyclic) bond motifs is 1. The summed E-state index contributed by atoms with van der Waals surface area (Å²) in [4.78, 5) is 35.8. The van der Waals surface area contributed by atoms with Crippen LogP contribution in [0.2, 0.25) is 5.02 Å². The fraction of sp³-hybridized carbons (Fsp3) is 0.0833. The summed E-state index contributed by atoms with van der Waals surface area (Å²) in [6.45, 7) is 2.95. The van der Waals surface area contributed by atoms with Crippen molar-refractivity contribution < 1.29 is 27.3 Å². The van der Waals surface area contributed by atoms with E-state index in [4.69, 9.17) is 16.0 Å². The number of sulfonamides is 1. The first-order valence-corrected chi connectivity index (χ1v) is 12.0. The Morgan fingerprint density at radius 1 is 1.03 bits per heavy atom. The van der Waals surface area contributed by atoms with Crippen molar-refractivity contribution in [3.8, 4) is 0 Å². The van der Waals surface area contributed by atoms with Gasteiger partial charge in [0.25, 0.3) is 21.6 Å². The van der Waals surface area contributed by atoms with Gasteiger partial charge in [-0.1, -0.05) is 17.7 Å². The molecule has 0 fully saturated rings. The van der Waals surface area contributed by atoms with E-state index in [9.17, 15) is 28.1 Å². The third-order valence-electron chi connectivity index (χ3n) is 5.28. The smallest absolute Gasteiger partial charge is 0.272 e. The van der Waals surface area contributed by atoms with Crippen molar-refractivity contribution in [2.45, 2.75) is 18.7 Å². The molecule has 4 aromatic rings. The molecule has 0 aliphatic heterocycles. The van der Waals surface area contributed by atoms with Gasteiger partial charge >= 0.3 is 0 Å². The quantitative estimate of drug-likeness (QED) is 0.188. The van der Waals surface area contributed by atoms with E-state index in [0.29, 0.717) is 26.1 Å². The lowest BCUT2D eigenvalue weighted by molar-refractivity contribution is -0.385. The first-order chi connectivity index (χ1) is 16.5. The summed E-state index contributed by atoms with van der Waals surface area (Å²) in [5, 5.41) is 11.9. The van der Waals surface area contributed by atoms with Crippen LogP contribution in [0.1, 0.15) is 33.4 Å². The molecular formula is C24H17ClN2O7S. The number of Topliss-reactive ketones (excluding diaryl/α,β-unsaturated/α-hetero) is 1. The van der Waals surface area contributed by atoms with E-state index in [0.717, 1.165) is 18.2 Å². The number of ketones is 1. The molecule has 0 saturated carbocycles. The largest absolute Gasteiger partial charge is 0.461 e. The van der Waals surface area contributed by atoms with Crippen LogP contribution in [0.15, 0.2) is 76.0 Å². The fourth-order valence-corrected chi connectivity index (χ4v) is 5.28. The molecule has 35 heavy (non-hydrogen) atoms. The van der Waals surface area contributed by atoms with Gasteiger partial charge < -0.3 is 4.42 Å². The van der Waals surface area contributed by atoms with Crippen LogP contribution in [0.5, 0.6) is 0 Å². The second-order valence-electron chi connectivity index (χ2n) is 7.61.